The molecule has 0 unspecified atom stereocenters. The Morgan fingerprint density at radius 3 is 1.88 bits per heavy atom. The molecule has 2 amide bonds. The lowest BCUT2D eigenvalue weighted by molar-refractivity contribution is 0.0733. The molecule has 1 aliphatic rings. The molecule has 0 aliphatic carbocycles. The van der Waals surface area contributed by atoms with Gasteiger partial charge in [0.15, 0.2) is 0 Å². The molecule has 162 valence electrons. The highest BCUT2D eigenvalue weighted by Gasteiger charge is 2.42. The molecule has 0 fully saturated rings. The number of benzene rings is 3. The molecule has 3 aromatic carbocycles. The van der Waals surface area contributed by atoms with Crippen LogP contribution in [0, 0.1) is 0 Å². The van der Waals surface area contributed by atoms with Gasteiger partial charge in [-0.15, -0.1) is 0 Å². The van der Waals surface area contributed by atoms with Crippen LogP contribution in [0.5, 0.6) is 11.5 Å². The Kier molecular flexibility index (Phi) is 6.05. The van der Waals surface area contributed by atoms with Crippen molar-refractivity contribution in [1.82, 2.24) is 0 Å². The molecule has 0 saturated heterocycles. The predicted octanol–water partition coefficient (Wildman–Crippen LogP) is 6.33. The summed E-state index contributed by atoms with van der Waals surface area (Å²) in [6.45, 7) is 0. The molecule has 1 aliphatic heterocycles. The summed E-state index contributed by atoms with van der Waals surface area (Å²) in [5, 5.41) is -0.527. The highest BCUT2D eigenvalue weighted by atomic mass is 35.5. The van der Waals surface area contributed by atoms with E-state index in [2.05, 4.69) is 0 Å². The minimum Gasteiger partial charge on any atom is -0.497 e. The van der Waals surface area contributed by atoms with Crippen molar-refractivity contribution in [3.8, 4) is 11.5 Å². The van der Waals surface area contributed by atoms with E-state index in [0.29, 0.717) is 11.3 Å². The van der Waals surface area contributed by atoms with Crippen LogP contribution in [0.15, 0.2) is 48.5 Å². The fourth-order valence-corrected chi connectivity index (χ4v) is 4.18. The first-order chi connectivity index (χ1) is 15.2. The standard InChI is InChI=1S/C22H11Cl4NO5/c1-31-13-4-2-3-10(9-13)22(30)32-12-7-5-11(6-8-12)27-20(28)14-15(21(27)29)17(24)19(26)18(25)16(14)23/h2-9H,1H3. The van der Waals surface area contributed by atoms with Crippen LogP contribution in [-0.2, 0) is 0 Å². The summed E-state index contributed by atoms with van der Waals surface area (Å²) in [6.07, 6.45) is 0. The van der Waals surface area contributed by atoms with Gasteiger partial charge in [0.1, 0.15) is 11.5 Å². The number of esters is 1. The van der Waals surface area contributed by atoms with Crippen molar-refractivity contribution < 1.29 is 23.9 Å². The fourth-order valence-electron chi connectivity index (χ4n) is 3.16. The van der Waals surface area contributed by atoms with Crippen LogP contribution in [-0.4, -0.2) is 24.9 Å². The zero-order valence-corrected chi connectivity index (χ0v) is 19.1. The zero-order valence-electron chi connectivity index (χ0n) is 16.1. The second-order valence-corrected chi connectivity index (χ2v) is 8.08. The quantitative estimate of drug-likeness (QED) is 0.135. The molecule has 10 heteroatoms. The molecule has 3 aromatic rings. The lowest BCUT2D eigenvalue weighted by Crippen LogP contribution is -2.29. The van der Waals surface area contributed by atoms with E-state index in [1.807, 2.05) is 0 Å². The molecular weight excluding hydrogens is 500 g/mol. The second kappa shape index (κ2) is 8.64. The number of hydrogen-bond acceptors (Lipinski definition) is 5. The Hall–Kier alpha value is -2.77. The van der Waals surface area contributed by atoms with Crippen LogP contribution in [0.1, 0.15) is 31.1 Å². The number of methoxy groups -OCH3 is 1. The van der Waals surface area contributed by atoms with Gasteiger partial charge in [0, 0.05) is 0 Å². The number of fused-ring (bicyclic) bond motifs is 1. The number of halogens is 4. The van der Waals surface area contributed by atoms with Crippen molar-refractivity contribution in [2.45, 2.75) is 0 Å². The van der Waals surface area contributed by atoms with Crippen molar-refractivity contribution >= 4 is 69.9 Å². The number of ether oxygens (including phenoxy) is 2. The molecular formula is C22H11Cl4NO5. The van der Waals surface area contributed by atoms with Crippen LogP contribution in [0.4, 0.5) is 5.69 Å². The number of carbonyl (C=O) groups excluding carboxylic acids is 3. The third kappa shape index (κ3) is 3.69. The maximum absolute atomic E-state index is 12.9. The van der Waals surface area contributed by atoms with Crippen molar-refractivity contribution in [2.75, 3.05) is 12.0 Å². The summed E-state index contributed by atoms with van der Waals surface area (Å²) in [7, 11) is 1.49. The number of imide groups is 1. The smallest absolute Gasteiger partial charge is 0.343 e. The van der Waals surface area contributed by atoms with E-state index in [1.54, 1.807) is 24.3 Å². The van der Waals surface area contributed by atoms with Crippen molar-refractivity contribution in [3.05, 3.63) is 85.3 Å². The molecule has 0 N–H and O–H groups in total. The van der Waals surface area contributed by atoms with Crippen LogP contribution in [0.3, 0.4) is 0 Å². The number of anilines is 1. The monoisotopic (exact) mass is 509 g/mol. The Bertz CT molecular complexity index is 1240. The van der Waals surface area contributed by atoms with Gasteiger partial charge >= 0.3 is 5.97 Å². The average Bonchev–Trinajstić information content (AvgIpc) is 3.07. The highest BCUT2D eigenvalue weighted by molar-refractivity contribution is 6.56. The van der Waals surface area contributed by atoms with Crippen LogP contribution in [0.2, 0.25) is 20.1 Å². The van der Waals surface area contributed by atoms with Crippen LogP contribution >= 0.6 is 46.4 Å². The summed E-state index contributed by atoms with van der Waals surface area (Å²) in [6, 6.07) is 12.3. The first kappa shape index (κ1) is 22.4. The van der Waals surface area contributed by atoms with E-state index in [9.17, 15) is 14.4 Å². The molecule has 0 saturated carbocycles. The topological polar surface area (TPSA) is 72.9 Å². The first-order valence-corrected chi connectivity index (χ1v) is 10.5. The summed E-state index contributed by atoms with van der Waals surface area (Å²) in [5.74, 6) is -1.27. The van der Waals surface area contributed by atoms with E-state index >= 15 is 0 Å². The van der Waals surface area contributed by atoms with Gasteiger partial charge in [0.25, 0.3) is 11.8 Å². The molecule has 6 nitrogen and oxygen atoms in total. The van der Waals surface area contributed by atoms with Crippen LogP contribution < -0.4 is 14.4 Å². The minimum atomic E-state index is -0.698. The van der Waals surface area contributed by atoms with Gasteiger partial charge in [0.2, 0.25) is 0 Å². The van der Waals surface area contributed by atoms with E-state index in [0.717, 1.165) is 4.90 Å². The highest BCUT2D eigenvalue weighted by Crippen LogP contribution is 2.45. The number of hydrogen-bond donors (Lipinski definition) is 0. The summed E-state index contributed by atoms with van der Waals surface area (Å²) in [5.41, 5.74) is 0.276. The maximum Gasteiger partial charge on any atom is 0.343 e. The number of rotatable bonds is 4. The lowest BCUT2D eigenvalue weighted by Gasteiger charge is -2.14. The molecule has 0 bridgehead atoms. The van der Waals surface area contributed by atoms with E-state index in [1.165, 1.54) is 31.4 Å². The molecule has 4 rings (SSSR count). The summed E-state index contributed by atoms with van der Waals surface area (Å²) >= 11 is 24.4. The lowest BCUT2D eigenvalue weighted by atomic mass is 10.1. The van der Waals surface area contributed by atoms with E-state index in [4.69, 9.17) is 55.9 Å². The molecule has 0 radical (unpaired) electrons. The molecule has 1 heterocycles. The Morgan fingerprint density at radius 2 is 1.34 bits per heavy atom. The molecule has 0 atom stereocenters. The van der Waals surface area contributed by atoms with Gasteiger partial charge in [-0.2, -0.15) is 0 Å². The summed E-state index contributed by atoms with van der Waals surface area (Å²) < 4.78 is 10.4. The SMILES string of the molecule is COc1cccc(C(=O)Oc2ccc(N3C(=O)c4c(Cl)c(Cl)c(Cl)c(Cl)c4C3=O)cc2)c1. The second-order valence-electron chi connectivity index (χ2n) is 6.57. The van der Waals surface area contributed by atoms with Gasteiger partial charge in [-0.05, 0) is 42.5 Å². The predicted molar refractivity (Wildman–Crippen MR) is 122 cm³/mol. The van der Waals surface area contributed by atoms with Gasteiger partial charge in [-0.25, -0.2) is 9.69 Å². The van der Waals surface area contributed by atoms with Gasteiger partial charge < -0.3 is 9.47 Å². The molecule has 0 aromatic heterocycles. The van der Waals surface area contributed by atoms with Gasteiger partial charge in [-0.1, -0.05) is 52.5 Å². The Morgan fingerprint density at radius 1 is 0.781 bits per heavy atom. The van der Waals surface area contributed by atoms with Crippen LogP contribution in [0.25, 0.3) is 0 Å². The zero-order chi connectivity index (χ0) is 23.2. The average molecular weight is 511 g/mol. The number of nitrogens with zero attached hydrogens (tertiary/aromatic N) is 1. The summed E-state index contributed by atoms with van der Waals surface area (Å²) in [4.78, 5) is 39.1. The molecule has 32 heavy (non-hydrogen) atoms. The van der Waals surface area contributed by atoms with Crippen molar-refractivity contribution in [3.63, 3.8) is 0 Å². The van der Waals surface area contributed by atoms with Crippen molar-refractivity contribution in [1.29, 1.82) is 0 Å². The van der Waals surface area contributed by atoms with Gasteiger partial charge in [0.05, 0.1) is 49.6 Å². The largest absolute Gasteiger partial charge is 0.497 e. The number of amides is 2. The van der Waals surface area contributed by atoms with Gasteiger partial charge in [-0.3, -0.25) is 9.59 Å². The molecule has 0 spiro atoms. The first-order valence-electron chi connectivity index (χ1n) is 8.95. The normalized spacial score (nSPS) is 12.7. The fraction of sp³-hybridized carbons (Fsp3) is 0.0455. The third-order valence-corrected chi connectivity index (χ3v) is 6.51. The van der Waals surface area contributed by atoms with E-state index in [-0.39, 0.29) is 42.7 Å². The van der Waals surface area contributed by atoms with E-state index < -0.39 is 17.8 Å². The Balaban J connectivity index is 1.60. The third-order valence-electron chi connectivity index (χ3n) is 4.71. The Labute approximate surface area is 202 Å². The minimum absolute atomic E-state index is 0.111. The maximum atomic E-state index is 12.9. The number of carbonyl (C=O) groups is 3. The van der Waals surface area contributed by atoms with Crippen molar-refractivity contribution in [2.24, 2.45) is 0 Å².